The van der Waals surface area contributed by atoms with Crippen molar-refractivity contribution < 1.29 is 23.8 Å². The SMILES string of the molecule is C=CC(=O)Nc1cccc(N2C(=O)N(C)Cc3cnc(Nc4ccc(OCCN5CCOCC5)cc4OC)nc32)c1. The number of carbonyl (C=O) groups is 2. The van der Waals surface area contributed by atoms with E-state index in [1.807, 2.05) is 18.2 Å². The van der Waals surface area contributed by atoms with E-state index >= 15 is 0 Å². The average Bonchev–Trinajstić information content (AvgIpc) is 2.99. The summed E-state index contributed by atoms with van der Waals surface area (Å²) in [5.74, 6) is 1.64. The molecule has 214 valence electrons. The summed E-state index contributed by atoms with van der Waals surface area (Å²) in [6.07, 6.45) is 2.88. The molecule has 1 fully saturated rings. The monoisotopic (exact) mass is 559 g/mol. The van der Waals surface area contributed by atoms with Gasteiger partial charge in [-0.1, -0.05) is 12.6 Å². The topological polar surface area (TPSA) is 121 Å². The molecule has 2 aliphatic rings. The van der Waals surface area contributed by atoms with Crippen LogP contribution in [0.5, 0.6) is 11.5 Å². The Labute approximate surface area is 238 Å². The molecular weight excluding hydrogens is 526 g/mol. The van der Waals surface area contributed by atoms with Crippen LogP contribution in [-0.2, 0) is 16.1 Å². The molecule has 0 saturated carbocycles. The molecule has 12 nitrogen and oxygen atoms in total. The summed E-state index contributed by atoms with van der Waals surface area (Å²) in [4.78, 5) is 39.7. The summed E-state index contributed by atoms with van der Waals surface area (Å²) in [5, 5.41) is 5.93. The number of nitrogens with one attached hydrogen (secondary N) is 2. The summed E-state index contributed by atoms with van der Waals surface area (Å²) in [5.41, 5.74) is 2.49. The Bertz CT molecular complexity index is 1430. The minimum absolute atomic E-state index is 0.259. The van der Waals surface area contributed by atoms with Crippen molar-refractivity contribution in [2.24, 2.45) is 0 Å². The number of aromatic nitrogens is 2. The van der Waals surface area contributed by atoms with Gasteiger partial charge in [0.25, 0.3) is 0 Å². The number of carbonyl (C=O) groups excluding carboxylic acids is 2. The zero-order valence-electron chi connectivity index (χ0n) is 23.1. The largest absolute Gasteiger partial charge is 0.494 e. The highest BCUT2D eigenvalue weighted by Crippen LogP contribution is 2.36. The normalized spacial score (nSPS) is 15.2. The predicted molar refractivity (Wildman–Crippen MR) is 155 cm³/mol. The van der Waals surface area contributed by atoms with Crippen LogP contribution >= 0.6 is 0 Å². The lowest BCUT2D eigenvalue weighted by molar-refractivity contribution is -0.111. The molecule has 2 aliphatic heterocycles. The van der Waals surface area contributed by atoms with E-state index in [4.69, 9.17) is 19.2 Å². The van der Waals surface area contributed by atoms with Crippen LogP contribution in [-0.4, -0.2) is 85.3 Å². The van der Waals surface area contributed by atoms with Crippen molar-refractivity contribution in [3.8, 4) is 11.5 Å². The minimum atomic E-state index is -0.346. The molecule has 0 bridgehead atoms. The van der Waals surface area contributed by atoms with E-state index in [0.717, 1.165) is 38.4 Å². The number of ether oxygens (including phenoxy) is 3. The van der Waals surface area contributed by atoms with Crippen molar-refractivity contribution in [1.29, 1.82) is 0 Å². The first-order valence-electron chi connectivity index (χ1n) is 13.3. The Morgan fingerprint density at radius 3 is 2.80 bits per heavy atom. The van der Waals surface area contributed by atoms with E-state index in [-0.39, 0.29) is 11.9 Å². The van der Waals surface area contributed by atoms with Crippen LogP contribution in [0.3, 0.4) is 0 Å². The number of hydrogen-bond donors (Lipinski definition) is 2. The van der Waals surface area contributed by atoms with E-state index in [1.165, 1.54) is 11.0 Å². The molecule has 41 heavy (non-hydrogen) atoms. The van der Waals surface area contributed by atoms with Crippen LogP contribution in [0.4, 0.5) is 33.6 Å². The third-order valence-corrected chi connectivity index (χ3v) is 6.74. The molecule has 0 aliphatic carbocycles. The number of rotatable bonds is 10. The van der Waals surface area contributed by atoms with Crippen molar-refractivity contribution in [2.45, 2.75) is 6.54 Å². The summed E-state index contributed by atoms with van der Waals surface area (Å²) < 4.78 is 17.0. The molecular formula is C29H33N7O5. The van der Waals surface area contributed by atoms with E-state index in [9.17, 15) is 9.59 Å². The van der Waals surface area contributed by atoms with Gasteiger partial charge in [0.1, 0.15) is 18.1 Å². The van der Waals surface area contributed by atoms with Crippen molar-refractivity contribution >= 4 is 40.8 Å². The smallest absolute Gasteiger partial charge is 0.330 e. The number of amides is 3. The third-order valence-electron chi connectivity index (χ3n) is 6.74. The third kappa shape index (κ3) is 6.56. The summed E-state index contributed by atoms with van der Waals surface area (Å²) >= 11 is 0. The second-order valence-electron chi connectivity index (χ2n) is 9.55. The summed E-state index contributed by atoms with van der Waals surface area (Å²) in [7, 11) is 3.29. The van der Waals surface area contributed by atoms with Crippen molar-refractivity contribution in [1.82, 2.24) is 19.8 Å². The van der Waals surface area contributed by atoms with Crippen LogP contribution in [0.1, 0.15) is 5.56 Å². The Balaban J connectivity index is 1.35. The lowest BCUT2D eigenvalue weighted by Crippen LogP contribution is -2.43. The second kappa shape index (κ2) is 12.7. The van der Waals surface area contributed by atoms with Gasteiger partial charge in [-0.3, -0.25) is 9.69 Å². The van der Waals surface area contributed by atoms with Gasteiger partial charge in [0.05, 0.1) is 38.2 Å². The molecule has 2 aromatic carbocycles. The number of urea groups is 1. The van der Waals surface area contributed by atoms with Crippen LogP contribution in [0.25, 0.3) is 0 Å². The maximum absolute atomic E-state index is 13.3. The first kappa shape index (κ1) is 27.9. The lowest BCUT2D eigenvalue weighted by atomic mass is 10.2. The van der Waals surface area contributed by atoms with Crippen molar-refractivity contribution in [2.75, 3.05) is 69.1 Å². The van der Waals surface area contributed by atoms with Gasteiger partial charge in [-0.25, -0.2) is 14.7 Å². The molecule has 1 aromatic heterocycles. The fraction of sp³-hybridized carbons (Fsp3) is 0.310. The number of morpholine rings is 1. The van der Waals surface area contributed by atoms with Gasteiger partial charge in [0.15, 0.2) is 5.82 Å². The minimum Gasteiger partial charge on any atom is -0.494 e. The Kier molecular flexibility index (Phi) is 8.61. The molecule has 0 radical (unpaired) electrons. The van der Waals surface area contributed by atoms with Gasteiger partial charge in [-0.05, 0) is 36.4 Å². The molecule has 3 heterocycles. The summed E-state index contributed by atoms with van der Waals surface area (Å²) in [6, 6.07) is 12.2. The number of hydrogen-bond acceptors (Lipinski definition) is 9. The molecule has 0 spiro atoms. The number of fused-ring (bicyclic) bond motifs is 1. The number of benzene rings is 2. The van der Waals surface area contributed by atoms with Crippen LogP contribution in [0, 0.1) is 0 Å². The highest BCUT2D eigenvalue weighted by molar-refractivity contribution is 6.03. The zero-order chi connectivity index (χ0) is 28.8. The standard InChI is InChI=1S/C29H33N7O5/c1-4-26(37)31-21-6-5-7-22(16-21)36-27-20(19-34(2)29(36)38)18-30-28(33-27)32-24-9-8-23(17-25(24)39-3)41-15-12-35-10-13-40-14-11-35/h4-9,16-18H,1,10-15,19H2,2-3H3,(H,31,37)(H,30,32,33). The van der Waals surface area contributed by atoms with Crippen molar-refractivity contribution in [3.05, 3.63) is 66.9 Å². The van der Waals surface area contributed by atoms with Gasteiger partial charge < -0.3 is 29.7 Å². The first-order chi connectivity index (χ1) is 19.9. The molecule has 2 N–H and O–H groups in total. The molecule has 3 amide bonds. The quantitative estimate of drug-likeness (QED) is 0.358. The van der Waals surface area contributed by atoms with Gasteiger partial charge in [0.2, 0.25) is 11.9 Å². The van der Waals surface area contributed by atoms with Gasteiger partial charge >= 0.3 is 6.03 Å². The van der Waals surface area contributed by atoms with Gasteiger partial charge in [0, 0.05) is 50.2 Å². The van der Waals surface area contributed by atoms with Gasteiger partial charge in [-0.2, -0.15) is 4.98 Å². The molecule has 1 saturated heterocycles. The molecule has 0 unspecified atom stereocenters. The zero-order valence-corrected chi connectivity index (χ0v) is 23.1. The van der Waals surface area contributed by atoms with E-state index in [2.05, 4.69) is 27.1 Å². The number of methoxy groups -OCH3 is 1. The molecule has 5 rings (SSSR count). The van der Waals surface area contributed by atoms with Crippen LogP contribution < -0.4 is 25.0 Å². The van der Waals surface area contributed by atoms with Crippen LogP contribution in [0.15, 0.2) is 61.3 Å². The maximum Gasteiger partial charge on any atom is 0.330 e. The van der Waals surface area contributed by atoms with Gasteiger partial charge in [-0.15, -0.1) is 0 Å². The highest BCUT2D eigenvalue weighted by atomic mass is 16.5. The Morgan fingerprint density at radius 2 is 2.02 bits per heavy atom. The first-order valence-corrected chi connectivity index (χ1v) is 13.3. The predicted octanol–water partition coefficient (Wildman–Crippen LogP) is 3.77. The van der Waals surface area contributed by atoms with E-state index < -0.39 is 0 Å². The fourth-order valence-electron chi connectivity index (χ4n) is 4.60. The van der Waals surface area contributed by atoms with Crippen LogP contribution in [0.2, 0.25) is 0 Å². The Morgan fingerprint density at radius 1 is 1.20 bits per heavy atom. The number of nitrogens with zero attached hydrogens (tertiary/aromatic N) is 5. The number of anilines is 5. The van der Waals surface area contributed by atoms with E-state index in [0.29, 0.717) is 53.5 Å². The maximum atomic E-state index is 13.3. The van der Waals surface area contributed by atoms with E-state index in [1.54, 1.807) is 49.5 Å². The second-order valence-corrected chi connectivity index (χ2v) is 9.55. The lowest BCUT2D eigenvalue weighted by Gasteiger charge is -2.34. The molecule has 0 atom stereocenters. The summed E-state index contributed by atoms with van der Waals surface area (Å²) in [6.45, 7) is 8.54. The average molecular weight is 560 g/mol. The fourth-order valence-corrected chi connectivity index (χ4v) is 4.60. The van der Waals surface area contributed by atoms with Crippen molar-refractivity contribution in [3.63, 3.8) is 0 Å². The molecule has 12 heteroatoms. The molecule has 3 aromatic rings. The highest BCUT2D eigenvalue weighted by Gasteiger charge is 2.31. The Hall–Kier alpha value is -4.68.